The molecule has 0 amide bonds. The van der Waals surface area contributed by atoms with E-state index in [2.05, 4.69) is 4.74 Å². The molecule has 1 heterocycles. The summed E-state index contributed by atoms with van der Waals surface area (Å²) in [6, 6.07) is 5.04. The quantitative estimate of drug-likeness (QED) is 0.457. The highest BCUT2D eigenvalue weighted by Crippen LogP contribution is 2.33. The third-order valence-corrected chi connectivity index (χ3v) is 3.59. The molecule has 0 saturated carbocycles. The fourth-order valence-electron chi connectivity index (χ4n) is 2.42. The summed E-state index contributed by atoms with van der Waals surface area (Å²) in [5.41, 5.74) is 1.09. The minimum Gasteiger partial charge on any atom is -0.488 e. The Morgan fingerprint density at radius 2 is 2.00 bits per heavy atom. The highest BCUT2D eigenvalue weighted by atomic mass is 19.4. The summed E-state index contributed by atoms with van der Waals surface area (Å²) in [5, 5.41) is 0. The van der Waals surface area contributed by atoms with Crippen LogP contribution in [0, 0.1) is 0 Å². The minimum atomic E-state index is -4.67. The number of alkyl halides is 3. The molecule has 26 heavy (non-hydrogen) atoms. The first-order chi connectivity index (χ1) is 12.0. The number of ether oxygens (including phenoxy) is 3. The van der Waals surface area contributed by atoms with Crippen molar-refractivity contribution in [2.75, 3.05) is 6.61 Å². The van der Waals surface area contributed by atoms with Gasteiger partial charge in [-0.25, -0.2) is 4.79 Å². The predicted molar refractivity (Wildman–Crippen MR) is 86.2 cm³/mol. The van der Waals surface area contributed by atoms with Crippen molar-refractivity contribution in [2.24, 2.45) is 0 Å². The van der Waals surface area contributed by atoms with Crippen LogP contribution in [-0.4, -0.2) is 30.3 Å². The van der Waals surface area contributed by atoms with Crippen molar-refractivity contribution in [2.45, 2.75) is 45.4 Å². The lowest BCUT2D eigenvalue weighted by molar-refractivity contribution is -0.185. The molecule has 142 valence electrons. The number of halogens is 3. The maximum atomic E-state index is 12.2. The average Bonchev–Trinajstić information content (AvgIpc) is 2.50. The zero-order valence-electron chi connectivity index (χ0n) is 14.6. The van der Waals surface area contributed by atoms with E-state index in [1.165, 1.54) is 6.08 Å². The summed E-state index contributed by atoms with van der Waals surface area (Å²) in [6.07, 6.45) is -1.98. The first-order valence-corrected chi connectivity index (χ1v) is 7.91. The van der Waals surface area contributed by atoms with E-state index in [1.54, 1.807) is 18.2 Å². The van der Waals surface area contributed by atoms with E-state index in [0.29, 0.717) is 11.3 Å². The molecule has 1 aliphatic heterocycles. The molecular weight excluding hydrogens is 353 g/mol. The van der Waals surface area contributed by atoms with Gasteiger partial charge in [0, 0.05) is 6.92 Å². The van der Waals surface area contributed by atoms with Crippen molar-refractivity contribution in [1.82, 2.24) is 0 Å². The predicted octanol–water partition coefficient (Wildman–Crippen LogP) is 3.80. The summed E-state index contributed by atoms with van der Waals surface area (Å²) in [7, 11) is 0. The van der Waals surface area contributed by atoms with Gasteiger partial charge < -0.3 is 14.2 Å². The summed E-state index contributed by atoms with van der Waals surface area (Å²) < 4.78 is 51.3. The van der Waals surface area contributed by atoms with E-state index < -0.39 is 30.5 Å². The van der Waals surface area contributed by atoms with Crippen LogP contribution in [0.5, 0.6) is 5.75 Å². The molecule has 0 saturated heterocycles. The topological polar surface area (TPSA) is 61.8 Å². The van der Waals surface area contributed by atoms with Gasteiger partial charge in [0.2, 0.25) is 5.76 Å². The molecule has 1 aromatic carbocycles. The standard InChI is InChI=1S/C18H19F3O5/c1-11(22)25-15(16(23)24-10-18(19,20)21)9-12-4-5-14-13(8-12)6-7-17(2,3)26-14/h4-5,8-9H,6-7,10H2,1-3H3/b15-9-. The summed E-state index contributed by atoms with van der Waals surface area (Å²) in [4.78, 5) is 23.0. The molecule has 0 N–H and O–H groups in total. The lowest BCUT2D eigenvalue weighted by Gasteiger charge is -2.32. The molecule has 1 aromatic rings. The van der Waals surface area contributed by atoms with Gasteiger partial charge in [0.15, 0.2) is 6.61 Å². The van der Waals surface area contributed by atoms with E-state index in [9.17, 15) is 22.8 Å². The number of fused-ring (bicyclic) bond motifs is 1. The lowest BCUT2D eigenvalue weighted by Crippen LogP contribution is -2.32. The van der Waals surface area contributed by atoms with Gasteiger partial charge >= 0.3 is 18.1 Å². The molecule has 8 heteroatoms. The summed E-state index contributed by atoms with van der Waals surface area (Å²) in [5.74, 6) is -2.12. The third kappa shape index (κ3) is 5.79. The van der Waals surface area contributed by atoms with E-state index in [4.69, 9.17) is 9.47 Å². The number of benzene rings is 1. The fourth-order valence-corrected chi connectivity index (χ4v) is 2.42. The van der Waals surface area contributed by atoms with Gasteiger partial charge in [0.25, 0.3) is 0 Å². The van der Waals surface area contributed by atoms with Gasteiger partial charge in [0.1, 0.15) is 11.4 Å². The van der Waals surface area contributed by atoms with Crippen LogP contribution in [0.4, 0.5) is 13.2 Å². The second-order valence-corrected chi connectivity index (χ2v) is 6.52. The third-order valence-electron chi connectivity index (χ3n) is 3.59. The molecule has 0 unspecified atom stereocenters. The number of esters is 2. The molecule has 0 bridgehead atoms. The molecule has 0 radical (unpaired) electrons. The van der Waals surface area contributed by atoms with Crippen LogP contribution in [-0.2, 0) is 25.5 Å². The Labute approximate surface area is 148 Å². The maximum Gasteiger partial charge on any atom is 0.422 e. The van der Waals surface area contributed by atoms with Gasteiger partial charge in [-0.1, -0.05) is 6.07 Å². The SMILES string of the molecule is CC(=O)O/C(=C\c1ccc2c(c1)CCC(C)(C)O2)C(=O)OCC(F)(F)F. The molecule has 2 rings (SSSR count). The van der Waals surface area contributed by atoms with Crippen LogP contribution in [0.3, 0.4) is 0 Å². The van der Waals surface area contributed by atoms with Crippen molar-refractivity contribution in [3.63, 3.8) is 0 Å². The van der Waals surface area contributed by atoms with Crippen molar-refractivity contribution in [3.8, 4) is 5.75 Å². The number of hydrogen-bond donors (Lipinski definition) is 0. The average molecular weight is 372 g/mol. The Hall–Kier alpha value is -2.51. The molecule has 1 aliphatic rings. The Balaban J connectivity index is 2.24. The molecule has 0 aromatic heterocycles. The van der Waals surface area contributed by atoms with Crippen molar-refractivity contribution in [1.29, 1.82) is 0 Å². The second-order valence-electron chi connectivity index (χ2n) is 6.52. The molecule has 0 atom stereocenters. The van der Waals surface area contributed by atoms with Crippen molar-refractivity contribution < 1.29 is 37.0 Å². The molecule has 5 nitrogen and oxygen atoms in total. The van der Waals surface area contributed by atoms with Gasteiger partial charge in [-0.2, -0.15) is 13.2 Å². The molecule has 0 aliphatic carbocycles. The molecule has 0 fully saturated rings. The molecule has 0 spiro atoms. The lowest BCUT2D eigenvalue weighted by atomic mass is 9.93. The van der Waals surface area contributed by atoms with Gasteiger partial charge in [0.05, 0.1) is 0 Å². The fraction of sp³-hybridized carbons (Fsp3) is 0.444. The van der Waals surface area contributed by atoms with Gasteiger partial charge in [-0.15, -0.1) is 0 Å². The maximum absolute atomic E-state index is 12.2. The Morgan fingerprint density at radius 3 is 2.62 bits per heavy atom. The monoisotopic (exact) mass is 372 g/mol. The summed E-state index contributed by atoms with van der Waals surface area (Å²) in [6.45, 7) is 3.21. The number of carbonyl (C=O) groups is 2. The van der Waals surface area contributed by atoms with Gasteiger partial charge in [-0.3, -0.25) is 4.79 Å². The van der Waals surface area contributed by atoms with Crippen LogP contribution in [0.2, 0.25) is 0 Å². The van der Waals surface area contributed by atoms with E-state index in [1.807, 2.05) is 13.8 Å². The largest absolute Gasteiger partial charge is 0.488 e. The first-order valence-electron chi connectivity index (χ1n) is 7.91. The highest BCUT2D eigenvalue weighted by molar-refractivity contribution is 5.94. The van der Waals surface area contributed by atoms with Crippen LogP contribution in [0.15, 0.2) is 24.0 Å². The first kappa shape index (κ1) is 19.8. The van der Waals surface area contributed by atoms with Crippen LogP contribution in [0.25, 0.3) is 6.08 Å². The van der Waals surface area contributed by atoms with E-state index >= 15 is 0 Å². The zero-order valence-corrected chi connectivity index (χ0v) is 14.6. The zero-order chi connectivity index (χ0) is 19.5. The number of rotatable bonds is 4. The normalized spacial score (nSPS) is 16.3. The van der Waals surface area contributed by atoms with E-state index in [-0.39, 0.29) is 5.60 Å². The second kappa shape index (κ2) is 7.39. The van der Waals surface area contributed by atoms with Crippen molar-refractivity contribution >= 4 is 18.0 Å². The Morgan fingerprint density at radius 1 is 1.31 bits per heavy atom. The van der Waals surface area contributed by atoms with E-state index in [0.717, 1.165) is 25.3 Å². The Bertz CT molecular complexity index is 735. The Kier molecular flexibility index (Phi) is 5.63. The summed E-state index contributed by atoms with van der Waals surface area (Å²) >= 11 is 0. The van der Waals surface area contributed by atoms with Gasteiger partial charge in [-0.05, 0) is 56.0 Å². The van der Waals surface area contributed by atoms with Crippen LogP contribution in [0.1, 0.15) is 38.3 Å². The minimum absolute atomic E-state index is 0.283. The van der Waals surface area contributed by atoms with Crippen molar-refractivity contribution in [3.05, 3.63) is 35.1 Å². The van der Waals surface area contributed by atoms with Crippen LogP contribution < -0.4 is 4.74 Å². The number of carbonyl (C=O) groups excluding carboxylic acids is 2. The smallest absolute Gasteiger partial charge is 0.422 e. The number of hydrogen-bond acceptors (Lipinski definition) is 5. The number of aryl methyl sites for hydroxylation is 1. The van der Waals surface area contributed by atoms with Crippen LogP contribution >= 0.6 is 0 Å². The molecular formula is C18H19F3O5. The highest BCUT2D eigenvalue weighted by Gasteiger charge is 2.31.